The van der Waals surface area contributed by atoms with Crippen LogP contribution in [0.25, 0.3) is 0 Å². The highest BCUT2D eigenvalue weighted by Gasteiger charge is 2.26. The van der Waals surface area contributed by atoms with Crippen LogP contribution in [-0.4, -0.2) is 120 Å². The lowest BCUT2D eigenvalue weighted by Gasteiger charge is -2.30. The van der Waals surface area contributed by atoms with Crippen molar-refractivity contribution in [2.75, 3.05) is 79.2 Å². The Morgan fingerprint density at radius 2 is 1.25 bits per heavy atom. The molecule has 3 atom stereocenters. The molecule has 0 aromatic rings. The van der Waals surface area contributed by atoms with Crippen LogP contribution in [0.5, 0.6) is 0 Å². The van der Waals surface area contributed by atoms with E-state index in [1.807, 2.05) is 24.8 Å². The van der Waals surface area contributed by atoms with Crippen molar-refractivity contribution in [1.29, 1.82) is 0 Å². The van der Waals surface area contributed by atoms with E-state index in [9.17, 15) is 14.4 Å². The first-order valence-corrected chi connectivity index (χ1v) is 14.1. The fourth-order valence-electron chi connectivity index (χ4n) is 3.93. The zero-order valence-electron chi connectivity index (χ0n) is 24.4. The maximum absolute atomic E-state index is 12.0. The fourth-order valence-corrected chi connectivity index (χ4v) is 3.93. The Hall–Kier alpha value is -2.61. The number of likely N-dealkylation sites (tertiary alicyclic amines) is 1. The molecule has 0 aromatic heterocycles. The third-order valence-corrected chi connectivity index (χ3v) is 6.10. The number of amides is 3. The molecule has 228 valence electrons. The minimum Gasteiger partial charge on any atom is -0.374 e. The summed E-state index contributed by atoms with van der Waals surface area (Å²) in [6, 6.07) is 0. The van der Waals surface area contributed by atoms with Gasteiger partial charge < -0.3 is 46.1 Å². The summed E-state index contributed by atoms with van der Waals surface area (Å²) in [5.74, 6) is -0.543. The minimum atomic E-state index is -0.479. The van der Waals surface area contributed by atoms with Gasteiger partial charge in [0.2, 0.25) is 17.7 Å². The number of hydrogen-bond donors (Lipinski definition) is 5. The van der Waals surface area contributed by atoms with Gasteiger partial charge in [0.05, 0.1) is 32.0 Å². The first kappa shape index (κ1) is 35.4. The van der Waals surface area contributed by atoms with Crippen molar-refractivity contribution >= 4 is 17.7 Å². The van der Waals surface area contributed by atoms with Gasteiger partial charge in [-0.05, 0) is 32.8 Å². The van der Waals surface area contributed by atoms with E-state index in [4.69, 9.17) is 19.9 Å². The second-order valence-corrected chi connectivity index (χ2v) is 9.36. The number of nitrogens with two attached hydrogens (primary N) is 1. The van der Waals surface area contributed by atoms with E-state index in [1.54, 1.807) is 25.3 Å². The number of nitrogens with zero attached hydrogens (tertiary/aromatic N) is 1. The van der Waals surface area contributed by atoms with Gasteiger partial charge in [-0.1, -0.05) is 18.2 Å². The number of rotatable bonds is 23. The zero-order valence-corrected chi connectivity index (χ0v) is 24.4. The SMILES string of the molecule is CNC(=O)/C=C/CNCCOC(C)C(OCCNC/C=C/C(N)=O)C(C)OCCNC/C=C/C(=O)N1CCCC1. The highest BCUT2D eigenvalue weighted by atomic mass is 16.6. The number of hydrogen-bond acceptors (Lipinski definition) is 9. The number of carbonyl (C=O) groups is 3. The van der Waals surface area contributed by atoms with Gasteiger partial charge >= 0.3 is 0 Å². The van der Waals surface area contributed by atoms with Crippen molar-refractivity contribution in [2.24, 2.45) is 5.73 Å². The van der Waals surface area contributed by atoms with Crippen LogP contribution in [0.1, 0.15) is 26.7 Å². The molecule has 0 aromatic carbocycles. The van der Waals surface area contributed by atoms with Crippen molar-refractivity contribution in [1.82, 2.24) is 26.2 Å². The molecule has 1 aliphatic rings. The molecule has 0 aliphatic carbocycles. The van der Waals surface area contributed by atoms with Gasteiger partial charge in [0, 0.05) is 71.6 Å². The van der Waals surface area contributed by atoms with Gasteiger partial charge in [-0.15, -0.1) is 0 Å². The Kier molecular flexibility index (Phi) is 20.5. The zero-order chi connectivity index (χ0) is 29.4. The molecular weight excluding hydrogens is 516 g/mol. The van der Waals surface area contributed by atoms with Crippen molar-refractivity contribution in [3.8, 4) is 0 Å². The molecular formula is C28H50N6O6. The number of primary amides is 1. The van der Waals surface area contributed by atoms with E-state index in [2.05, 4.69) is 21.3 Å². The molecule has 12 heteroatoms. The van der Waals surface area contributed by atoms with Crippen molar-refractivity contribution < 1.29 is 28.6 Å². The van der Waals surface area contributed by atoms with E-state index in [0.717, 1.165) is 25.9 Å². The van der Waals surface area contributed by atoms with Crippen molar-refractivity contribution in [3.05, 3.63) is 36.5 Å². The summed E-state index contributed by atoms with van der Waals surface area (Å²) in [6.45, 7) is 10.5. The van der Waals surface area contributed by atoms with Gasteiger partial charge in [-0.25, -0.2) is 0 Å². The summed E-state index contributed by atoms with van der Waals surface area (Å²) in [5.41, 5.74) is 5.09. The van der Waals surface area contributed by atoms with E-state index < -0.39 is 5.91 Å². The molecule has 1 heterocycles. The lowest BCUT2D eigenvalue weighted by Crippen LogP contribution is -2.42. The molecule has 3 unspecified atom stereocenters. The van der Waals surface area contributed by atoms with Crippen LogP contribution in [0.2, 0.25) is 0 Å². The quantitative estimate of drug-likeness (QED) is 0.0811. The smallest absolute Gasteiger partial charge is 0.246 e. The molecule has 0 radical (unpaired) electrons. The molecule has 6 N–H and O–H groups in total. The third-order valence-electron chi connectivity index (χ3n) is 6.10. The average molecular weight is 567 g/mol. The molecule has 12 nitrogen and oxygen atoms in total. The monoisotopic (exact) mass is 566 g/mol. The summed E-state index contributed by atoms with van der Waals surface area (Å²) < 4.78 is 18.2. The van der Waals surface area contributed by atoms with Crippen LogP contribution in [0, 0.1) is 0 Å². The minimum absolute atomic E-state index is 0.0760. The molecule has 1 aliphatic heterocycles. The molecule has 1 rings (SSSR count). The van der Waals surface area contributed by atoms with Gasteiger partial charge in [-0.3, -0.25) is 14.4 Å². The Bertz CT molecular complexity index is 800. The Balaban J connectivity index is 2.38. The summed E-state index contributed by atoms with van der Waals surface area (Å²) in [5, 5.41) is 12.2. The van der Waals surface area contributed by atoms with Gasteiger partial charge in [0.25, 0.3) is 0 Å². The van der Waals surface area contributed by atoms with E-state index in [-0.39, 0.29) is 30.1 Å². The molecule has 3 amide bonds. The summed E-state index contributed by atoms with van der Waals surface area (Å²) in [7, 11) is 1.59. The summed E-state index contributed by atoms with van der Waals surface area (Å²) >= 11 is 0. The Morgan fingerprint density at radius 3 is 1.75 bits per heavy atom. The van der Waals surface area contributed by atoms with E-state index in [0.29, 0.717) is 59.1 Å². The van der Waals surface area contributed by atoms with E-state index in [1.165, 1.54) is 12.2 Å². The largest absolute Gasteiger partial charge is 0.374 e. The number of carbonyl (C=O) groups excluding carboxylic acids is 3. The number of nitrogens with one attached hydrogen (secondary N) is 4. The topological polar surface area (TPSA) is 156 Å². The number of likely N-dealkylation sites (N-methyl/N-ethyl adjacent to an activating group) is 1. The first-order valence-electron chi connectivity index (χ1n) is 14.1. The van der Waals surface area contributed by atoms with Crippen LogP contribution in [0.15, 0.2) is 36.5 Å². The molecule has 1 fully saturated rings. The van der Waals surface area contributed by atoms with Gasteiger partial charge in [0.15, 0.2) is 0 Å². The van der Waals surface area contributed by atoms with Crippen LogP contribution in [0.4, 0.5) is 0 Å². The normalized spacial score (nSPS) is 16.2. The Morgan fingerprint density at radius 1 is 0.775 bits per heavy atom. The Labute approximate surface area is 239 Å². The van der Waals surface area contributed by atoms with Gasteiger partial charge in [-0.2, -0.15) is 0 Å². The number of ether oxygens (including phenoxy) is 3. The van der Waals surface area contributed by atoms with Gasteiger partial charge in [0.1, 0.15) is 6.10 Å². The second-order valence-electron chi connectivity index (χ2n) is 9.36. The lowest BCUT2D eigenvalue weighted by molar-refractivity contribution is -0.127. The second kappa shape index (κ2) is 23.1. The fraction of sp³-hybridized carbons (Fsp3) is 0.679. The first-order chi connectivity index (χ1) is 19.3. The average Bonchev–Trinajstić information content (AvgIpc) is 3.48. The standard InChI is InChI=1S/C28H50N6O6/c1-23(38-20-15-32-13-7-10-26(36)30-3)28(40-22-17-31-12-6-9-25(29)35)24(2)39-21-16-33-14-8-11-27(37)34-18-4-5-19-34/h6-11,23-24,28,31-33H,4-5,12-22H2,1-3H3,(H2,29,35)(H,30,36)/b9-6+,10-7+,11-8+. The highest BCUT2D eigenvalue weighted by Crippen LogP contribution is 2.12. The predicted octanol–water partition coefficient (Wildman–Crippen LogP) is -0.527. The molecule has 1 saturated heterocycles. The van der Waals surface area contributed by atoms with E-state index >= 15 is 0 Å². The van der Waals surface area contributed by atoms with Crippen LogP contribution in [0.3, 0.4) is 0 Å². The molecule has 0 spiro atoms. The van der Waals surface area contributed by atoms with Crippen LogP contribution < -0.4 is 27.0 Å². The maximum atomic E-state index is 12.0. The maximum Gasteiger partial charge on any atom is 0.246 e. The van der Waals surface area contributed by atoms with Crippen LogP contribution >= 0.6 is 0 Å². The predicted molar refractivity (Wildman–Crippen MR) is 156 cm³/mol. The lowest BCUT2D eigenvalue weighted by atomic mass is 10.1. The van der Waals surface area contributed by atoms with Crippen molar-refractivity contribution in [3.63, 3.8) is 0 Å². The molecule has 0 bridgehead atoms. The molecule has 40 heavy (non-hydrogen) atoms. The highest BCUT2D eigenvalue weighted by molar-refractivity contribution is 5.88. The van der Waals surface area contributed by atoms with Crippen molar-refractivity contribution in [2.45, 2.75) is 45.0 Å². The summed E-state index contributed by atoms with van der Waals surface area (Å²) in [4.78, 5) is 35.9. The van der Waals surface area contributed by atoms with Crippen LogP contribution in [-0.2, 0) is 28.6 Å². The third kappa shape index (κ3) is 17.9. The molecule has 0 saturated carbocycles. The summed E-state index contributed by atoms with van der Waals surface area (Å²) in [6.07, 6.45) is 11.1.